The van der Waals surface area contributed by atoms with Gasteiger partial charge in [0.1, 0.15) is 0 Å². The van der Waals surface area contributed by atoms with Gasteiger partial charge in [0.05, 0.1) is 11.9 Å². The molecule has 14 heavy (non-hydrogen) atoms. The summed E-state index contributed by atoms with van der Waals surface area (Å²) in [5.41, 5.74) is 2.66. The van der Waals surface area contributed by atoms with Gasteiger partial charge in [0, 0.05) is 13.1 Å². The molecule has 0 saturated carbocycles. The zero-order valence-corrected chi connectivity index (χ0v) is 9.25. The average Bonchev–Trinajstić information content (AvgIpc) is 2.49. The lowest BCUT2D eigenvalue weighted by Crippen LogP contribution is -2.33. The second-order valence-electron chi connectivity index (χ2n) is 4.48. The van der Waals surface area contributed by atoms with Crippen LogP contribution in [0.15, 0.2) is 6.20 Å². The molecule has 78 valence electrons. The van der Waals surface area contributed by atoms with E-state index < -0.39 is 0 Å². The first-order chi connectivity index (χ1) is 6.68. The molecule has 1 fully saturated rings. The third kappa shape index (κ3) is 1.69. The predicted octanol–water partition coefficient (Wildman–Crippen LogP) is 1.79. The van der Waals surface area contributed by atoms with Crippen LogP contribution in [0, 0.1) is 12.8 Å². The van der Waals surface area contributed by atoms with Gasteiger partial charge in [0.25, 0.3) is 0 Å². The van der Waals surface area contributed by atoms with Crippen LogP contribution < -0.4 is 5.32 Å². The van der Waals surface area contributed by atoms with Crippen LogP contribution in [-0.2, 0) is 7.05 Å². The van der Waals surface area contributed by atoms with Gasteiger partial charge in [-0.2, -0.15) is 5.10 Å². The molecule has 3 heteroatoms. The van der Waals surface area contributed by atoms with Crippen molar-refractivity contribution in [3.05, 3.63) is 17.5 Å². The molecule has 3 nitrogen and oxygen atoms in total. The molecule has 1 aliphatic rings. The van der Waals surface area contributed by atoms with Gasteiger partial charge in [-0.1, -0.05) is 6.92 Å². The fourth-order valence-corrected chi connectivity index (χ4v) is 2.29. The maximum atomic E-state index is 4.29. The van der Waals surface area contributed by atoms with Crippen molar-refractivity contribution in [1.82, 2.24) is 15.1 Å². The summed E-state index contributed by atoms with van der Waals surface area (Å²) in [6.07, 6.45) is 4.51. The molecule has 0 bridgehead atoms. The molecule has 2 heterocycles. The van der Waals surface area contributed by atoms with E-state index >= 15 is 0 Å². The van der Waals surface area contributed by atoms with E-state index in [9.17, 15) is 0 Å². The summed E-state index contributed by atoms with van der Waals surface area (Å²) in [5.74, 6) is 0.819. The fraction of sp³-hybridized carbons (Fsp3) is 0.727. The van der Waals surface area contributed by atoms with Crippen LogP contribution >= 0.6 is 0 Å². The van der Waals surface area contributed by atoms with E-state index in [2.05, 4.69) is 24.3 Å². The van der Waals surface area contributed by atoms with Crippen LogP contribution in [0.25, 0.3) is 0 Å². The van der Waals surface area contributed by atoms with E-state index in [1.54, 1.807) is 0 Å². The summed E-state index contributed by atoms with van der Waals surface area (Å²) in [6.45, 7) is 5.58. The second-order valence-corrected chi connectivity index (χ2v) is 4.48. The van der Waals surface area contributed by atoms with Crippen molar-refractivity contribution in [3.63, 3.8) is 0 Å². The molecule has 0 spiro atoms. The minimum atomic E-state index is 0.513. The van der Waals surface area contributed by atoms with E-state index in [0.717, 1.165) is 12.5 Å². The summed E-state index contributed by atoms with van der Waals surface area (Å²) >= 11 is 0. The third-order valence-corrected chi connectivity index (χ3v) is 3.17. The Morgan fingerprint density at radius 3 is 2.79 bits per heavy atom. The van der Waals surface area contributed by atoms with Crippen LogP contribution in [0.4, 0.5) is 0 Å². The Bertz CT molecular complexity index is 289. The number of hydrogen-bond donors (Lipinski definition) is 1. The second kappa shape index (κ2) is 3.73. The lowest BCUT2D eigenvalue weighted by molar-refractivity contribution is 0.321. The lowest BCUT2D eigenvalue weighted by Gasteiger charge is -2.28. The molecule has 0 amide bonds. The summed E-state index contributed by atoms with van der Waals surface area (Å²) < 4.78 is 2.00. The number of aryl methyl sites for hydroxylation is 2. The normalized spacial score (nSPS) is 27.9. The summed E-state index contributed by atoms with van der Waals surface area (Å²) in [4.78, 5) is 0. The van der Waals surface area contributed by atoms with Gasteiger partial charge in [0.15, 0.2) is 0 Å². The molecule has 0 aliphatic carbocycles. The van der Waals surface area contributed by atoms with Gasteiger partial charge < -0.3 is 5.32 Å². The SMILES string of the molecule is Cc1cnn(C)c1C1CCC(C)CN1. The monoisotopic (exact) mass is 193 g/mol. The molecule has 1 aromatic heterocycles. The largest absolute Gasteiger partial charge is 0.308 e. The third-order valence-electron chi connectivity index (χ3n) is 3.17. The Balaban J connectivity index is 2.15. The smallest absolute Gasteiger partial charge is 0.0579 e. The van der Waals surface area contributed by atoms with Gasteiger partial charge in [-0.25, -0.2) is 0 Å². The van der Waals surface area contributed by atoms with Gasteiger partial charge in [0.2, 0.25) is 0 Å². The van der Waals surface area contributed by atoms with Crippen molar-refractivity contribution in [2.24, 2.45) is 13.0 Å². The molecular weight excluding hydrogens is 174 g/mol. The highest BCUT2D eigenvalue weighted by Crippen LogP contribution is 2.26. The Morgan fingerprint density at radius 2 is 2.29 bits per heavy atom. The Hall–Kier alpha value is -0.830. The molecule has 2 rings (SSSR count). The summed E-state index contributed by atoms with van der Waals surface area (Å²) in [6, 6.07) is 0.513. The Morgan fingerprint density at radius 1 is 1.50 bits per heavy atom. The maximum absolute atomic E-state index is 4.29. The van der Waals surface area contributed by atoms with Crippen LogP contribution in [0.2, 0.25) is 0 Å². The zero-order valence-electron chi connectivity index (χ0n) is 9.25. The van der Waals surface area contributed by atoms with Crippen molar-refractivity contribution in [2.45, 2.75) is 32.7 Å². The standard InChI is InChI=1S/C11H19N3/c1-8-4-5-10(12-6-8)11-9(2)7-13-14(11)3/h7-8,10,12H,4-6H2,1-3H3. The highest BCUT2D eigenvalue weighted by molar-refractivity contribution is 5.19. The zero-order chi connectivity index (χ0) is 10.1. The van der Waals surface area contributed by atoms with Crippen molar-refractivity contribution >= 4 is 0 Å². The van der Waals surface area contributed by atoms with Crippen molar-refractivity contribution in [1.29, 1.82) is 0 Å². The minimum Gasteiger partial charge on any atom is -0.308 e. The van der Waals surface area contributed by atoms with Crippen LogP contribution in [-0.4, -0.2) is 16.3 Å². The highest BCUT2D eigenvalue weighted by atomic mass is 15.3. The van der Waals surface area contributed by atoms with Crippen molar-refractivity contribution < 1.29 is 0 Å². The molecular formula is C11H19N3. The fourth-order valence-electron chi connectivity index (χ4n) is 2.29. The number of nitrogens with zero attached hydrogens (tertiary/aromatic N) is 2. The van der Waals surface area contributed by atoms with E-state index in [-0.39, 0.29) is 0 Å². The van der Waals surface area contributed by atoms with E-state index in [0.29, 0.717) is 6.04 Å². The quantitative estimate of drug-likeness (QED) is 0.737. The van der Waals surface area contributed by atoms with Crippen LogP contribution in [0.1, 0.15) is 37.1 Å². The van der Waals surface area contributed by atoms with Gasteiger partial charge >= 0.3 is 0 Å². The van der Waals surface area contributed by atoms with Crippen LogP contribution in [0.5, 0.6) is 0 Å². The molecule has 0 radical (unpaired) electrons. The molecule has 0 aromatic carbocycles. The summed E-state index contributed by atoms with van der Waals surface area (Å²) in [7, 11) is 2.03. The van der Waals surface area contributed by atoms with Gasteiger partial charge in [-0.15, -0.1) is 0 Å². The van der Waals surface area contributed by atoms with E-state index in [1.165, 1.54) is 24.1 Å². The predicted molar refractivity (Wildman–Crippen MR) is 57.1 cm³/mol. The Kier molecular flexibility index (Phi) is 2.59. The van der Waals surface area contributed by atoms with Crippen molar-refractivity contribution in [2.75, 3.05) is 6.54 Å². The molecule has 1 N–H and O–H groups in total. The maximum Gasteiger partial charge on any atom is 0.0579 e. The first-order valence-electron chi connectivity index (χ1n) is 5.40. The molecule has 1 aliphatic heterocycles. The minimum absolute atomic E-state index is 0.513. The average molecular weight is 193 g/mol. The number of piperidine rings is 1. The number of hydrogen-bond acceptors (Lipinski definition) is 2. The molecule has 1 saturated heterocycles. The van der Waals surface area contributed by atoms with Gasteiger partial charge in [-0.3, -0.25) is 4.68 Å². The van der Waals surface area contributed by atoms with E-state index in [1.807, 2.05) is 17.9 Å². The highest BCUT2D eigenvalue weighted by Gasteiger charge is 2.22. The first kappa shape index (κ1) is 9.71. The topological polar surface area (TPSA) is 29.9 Å². The summed E-state index contributed by atoms with van der Waals surface area (Å²) in [5, 5.41) is 7.88. The van der Waals surface area contributed by atoms with Gasteiger partial charge in [-0.05, 0) is 37.8 Å². The number of nitrogens with one attached hydrogen (secondary N) is 1. The Labute approximate surface area is 85.5 Å². The molecule has 2 unspecified atom stereocenters. The molecule has 1 aromatic rings. The number of aromatic nitrogens is 2. The van der Waals surface area contributed by atoms with Crippen LogP contribution in [0.3, 0.4) is 0 Å². The number of rotatable bonds is 1. The van der Waals surface area contributed by atoms with E-state index in [4.69, 9.17) is 0 Å². The molecule has 2 atom stereocenters. The van der Waals surface area contributed by atoms with Crippen molar-refractivity contribution in [3.8, 4) is 0 Å². The first-order valence-corrected chi connectivity index (χ1v) is 5.40. The lowest BCUT2D eigenvalue weighted by atomic mass is 9.93.